The van der Waals surface area contributed by atoms with E-state index in [0.29, 0.717) is 20.8 Å². The van der Waals surface area contributed by atoms with E-state index in [1.165, 1.54) is 11.8 Å². The molecular weight excluding hydrogens is 476 g/mol. The van der Waals surface area contributed by atoms with Gasteiger partial charge < -0.3 is 15.7 Å². The average molecular weight is 495 g/mol. The number of carboxylic acid groups (broad SMARTS) is 1. The van der Waals surface area contributed by atoms with E-state index in [2.05, 4.69) is 20.6 Å². The molecule has 3 aromatic rings. The largest absolute Gasteiger partial charge is 0.481 e. The van der Waals surface area contributed by atoms with Gasteiger partial charge in [-0.1, -0.05) is 29.8 Å². The van der Waals surface area contributed by atoms with E-state index in [1.54, 1.807) is 30.5 Å². The molecule has 34 heavy (non-hydrogen) atoms. The number of amidine groups is 1. The lowest BCUT2D eigenvalue weighted by molar-refractivity contribution is -0.138. The number of thioether (sulfide) groups is 1. The number of hydrogen-bond donors (Lipinski definition) is 3. The molecule has 3 N–H and O–H groups in total. The quantitative estimate of drug-likeness (QED) is 0.422. The molecular formula is C24H19ClN4O4S. The zero-order chi connectivity index (χ0) is 24.1. The number of halogens is 1. The molecule has 1 aliphatic rings. The summed E-state index contributed by atoms with van der Waals surface area (Å²) in [5.74, 6) is -1.64. The highest BCUT2D eigenvalue weighted by molar-refractivity contribution is 8.18. The van der Waals surface area contributed by atoms with Gasteiger partial charge in [0.1, 0.15) is 0 Å². The Morgan fingerprint density at radius 3 is 2.85 bits per heavy atom. The average Bonchev–Trinajstić information content (AvgIpc) is 3.16. The maximum Gasteiger partial charge on any atom is 0.303 e. The van der Waals surface area contributed by atoms with E-state index >= 15 is 0 Å². The van der Waals surface area contributed by atoms with Gasteiger partial charge in [-0.05, 0) is 59.3 Å². The lowest BCUT2D eigenvalue weighted by Crippen LogP contribution is -2.23. The number of carbonyl (C=O) groups excluding carboxylic acids is 2. The van der Waals surface area contributed by atoms with Gasteiger partial charge in [0.15, 0.2) is 5.17 Å². The first-order valence-electron chi connectivity index (χ1n) is 10.3. The van der Waals surface area contributed by atoms with Crippen molar-refractivity contribution in [1.29, 1.82) is 0 Å². The van der Waals surface area contributed by atoms with Crippen LogP contribution in [0.15, 0.2) is 64.6 Å². The fourth-order valence-electron chi connectivity index (χ4n) is 3.19. The van der Waals surface area contributed by atoms with Crippen molar-refractivity contribution in [2.75, 3.05) is 0 Å². The predicted molar refractivity (Wildman–Crippen MR) is 133 cm³/mol. The molecule has 172 valence electrons. The number of aliphatic imine (C=N–C) groups is 1. The van der Waals surface area contributed by atoms with Gasteiger partial charge in [-0.25, -0.2) is 4.99 Å². The SMILES string of the molecule is O=C(O)CCC(=O)NCc1ccc(Cl)c(N=C2NC(=O)/C(=C\c3ccc4ncccc4c3)S2)c1. The molecule has 1 aliphatic heterocycles. The molecule has 8 nitrogen and oxygen atoms in total. The number of carboxylic acids is 1. The normalized spacial score (nSPS) is 15.6. The van der Waals surface area contributed by atoms with E-state index in [0.717, 1.165) is 22.0 Å². The molecule has 0 aliphatic carbocycles. The molecule has 1 aromatic heterocycles. The molecule has 10 heteroatoms. The second-order valence-corrected chi connectivity index (χ2v) is 8.83. The minimum Gasteiger partial charge on any atom is -0.481 e. The van der Waals surface area contributed by atoms with Crippen molar-refractivity contribution in [2.24, 2.45) is 4.99 Å². The molecule has 0 spiro atoms. The predicted octanol–water partition coefficient (Wildman–Crippen LogP) is 4.26. The second kappa shape index (κ2) is 10.5. The van der Waals surface area contributed by atoms with E-state index in [9.17, 15) is 14.4 Å². The van der Waals surface area contributed by atoms with Crippen molar-refractivity contribution >= 4 is 69.0 Å². The number of hydrogen-bond acceptors (Lipinski definition) is 6. The molecule has 0 radical (unpaired) electrons. The summed E-state index contributed by atoms with van der Waals surface area (Å²) in [5.41, 5.74) is 2.93. The van der Waals surface area contributed by atoms with Crippen LogP contribution >= 0.6 is 23.4 Å². The monoisotopic (exact) mass is 494 g/mol. The zero-order valence-corrected chi connectivity index (χ0v) is 19.3. The number of pyridine rings is 1. The first-order chi connectivity index (χ1) is 16.4. The van der Waals surface area contributed by atoms with Gasteiger partial charge in [-0.2, -0.15) is 0 Å². The van der Waals surface area contributed by atoms with E-state index < -0.39 is 5.97 Å². The smallest absolute Gasteiger partial charge is 0.303 e. The fourth-order valence-corrected chi connectivity index (χ4v) is 4.18. The van der Waals surface area contributed by atoms with Crippen molar-refractivity contribution in [3.8, 4) is 0 Å². The number of rotatable bonds is 7. The summed E-state index contributed by atoms with van der Waals surface area (Å²) in [5, 5.41) is 15.8. The van der Waals surface area contributed by atoms with Gasteiger partial charge in [0, 0.05) is 24.5 Å². The van der Waals surface area contributed by atoms with Gasteiger partial charge >= 0.3 is 5.97 Å². The number of nitrogens with zero attached hydrogens (tertiary/aromatic N) is 2. The number of aromatic nitrogens is 1. The Labute approximate surface area is 204 Å². The zero-order valence-electron chi connectivity index (χ0n) is 17.7. The number of carbonyl (C=O) groups is 3. The van der Waals surface area contributed by atoms with E-state index in [1.807, 2.05) is 30.3 Å². The summed E-state index contributed by atoms with van der Waals surface area (Å²) in [7, 11) is 0. The van der Waals surface area contributed by atoms with Crippen LogP contribution in [0.5, 0.6) is 0 Å². The van der Waals surface area contributed by atoms with Crippen molar-refractivity contribution in [2.45, 2.75) is 19.4 Å². The van der Waals surface area contributed by atoms with Crippen molar-refractivity contribution in [3.05, 3.63) is 75.8 Å². The van der Waals surface area contributed by atoms with Gasteiger partial charge in [0.25, 0.3) is 5.91 Å². The third kappa shape index (κ3) is 6.00. The molecule has 2 amide bonds. The van der Waals surface area contributed by atoms with E-state index in [-0.39, 0.29) is 31.2 Å². The molecule has 1 fully saturated rings. The fraction of sp³-hybridized carbons (Fsp3) is 0.125. The Morgan fingerprint density at radius 2 is 2.03 bits per heavy atom. The van der Waals surface area contributed by atoms with Crippen LogP contribution in [0.3, 0.4) is 0 Å². The van der Waals surface area contributed by atoms with Crippen LogP contribution in [-0.2, 0) is 20.9 Å². The van der Waals surface area contributed by atoms with Crippen LogP contribution in [0.25, 0.3) is 17.0 Å². The minimum absolute atomic E-state index is 0.0937. The van der Waals surface area contributed by atoms with Crippen LogP contribution in [0.2, 0.25) is 5.02 Å². The molecule has 4 rings (SSSR count). The highest BCUT2D eigenvalue weighted by Gasteiger charge is 2.24. The molecule has 1 saturated heterocycles. The number of amides is 2. The Bertz CT molecular complexity index is 1360. The second-order valence-electron chi connectivity index (χ2n) is 7.39. The Kier molecular flexibility index (Phi) is 7.24. The highest BCUT2D eigenvalue weighted by Crippen LogP contribution is 2.32. The molecule has 0 atom stereocenters. The first kappa shape index (κ1) is 23.5. The van der Waals surface area contributed by atoms with Crippen molar-refractivity contribution in [1.82, 2.24) is 15.6 Å². The first-order valence-corrected chi connectivity index (χ1v) is 11.5. The number of fused-ring (bicyclic) bond motifs is 1. The van der Waals surface area contributed by atoms with E-state index in [4.69, 9.17) is 16.7 Å². The molecule has 2 heterocycles. The summed E-state index contributed by atoms with van der Waals surface area (Å²) in [4.78, 5) is 44.1. The topological polar surface area (TPSA) is 121 Å². The number of aliphatic carboxylic acids is 1. The summed E-state index contributed by atoms with van der Waals surface area (Å²) in [6, 6.07) is 14.7. The Morgan fingerprint density at radius 1 is 1.18 bits per heavy atom. The molecule has 0 saturated carbocycles. The lowest BCUT2D eigenvalue weighted by atomic mass is 10.1. The van der Waals surface area contributed by atoms with Crippen LogP contribution < -0.4 is 10.6 Å². The molecule has 2 aromatic carbocycles. The number of nitrogens with one attached hydrogen (secondary N) is 2. The van der Waals surface area contributed by atoms with Gasteiger partial charge in [-0.15, -0.1) is 0 Å². The summed E-state index contributed by atoms with van der Waals surface area (Å²) >= 11 is 7.48. The third-order valence-electron chi connectivity index (χ3n) is 4.86. The van der Waals surface area contributed by atoms with Crippen molar-refractivity contribution in [3.63, 3.8) is 0 Å². The Balaban J connectivity index is 1.47. The minimum atomic E-state index is -1.03. The number of benzene rings is 2. The summed E-state index contributed by atoms with van der Waals surface area (Å²) < 4.78 is 0. The summed E-state index contributed by atoms with van der Waals surface area (Å²) in [6.45, 7) is 0.203. The van der Waals surface area contributed by atoms with Crippen LogP contribution in [0.4, 0.5) is 5.69 Å². The van der Waals surface area contributed by atoms with Gasteiger partial charge in [-0.3, -0.25) is 19.4 Å². The molecule has 0 unspecified atom stereocenters. The highest BCUT2D eigenvalue weighted by atomic mass is 35.5. The summed E-state index contributed by atoms with van der Waals surface area (Å²) in [6.07, 6.45) is 3.20. The molecule has 0 bridgehead atoms. The van der Waals surface area contributed by atoms with Crippen LogP contribution in [-0.4, -0.2) is 33.0 Å². The standard InChI is InChI=1S/C24H19ClN4O4S/c25-17-5-3-15(13-27-21(30)7-8-22(31)32)11-19(17)28-24-29-23(33)20(34-24)12-14-4-6-18-16(10-14)2-1-9-26-18/h1-6,9-12H,7-8,13H2,(H,27,30)(H,31,32)(H,28,29,33)/b20-12+. The lowest BCUT2D eigenvalue weighted by Gasteiger charge is -2.07. The Hall–Kier alpha value is -3.69. The maximum atomic E-state index is 12.5. The van der Waals surface area contributed by atoms with Crippen LogP contribution in [0, 0.1) is 0 Å². The third-order valence-corrected chi connectivity index (χ3v) is 6.09. The van der Waals surface area contributed by atoms with Crippen LogP contribution in [0.1, 0.15) is 24.0 Å². The van der Waals surface area contributed by atoms with Crippen molar-refractivity contribution < 1.29 is 19.5 Å². The van der Waals surface area contributed by atoms with Gasteiger partial charge in [0.05, 0.1) is 27.6 Å². The van der Waals surface area contributed by atoms with Gasteiger partial charge in [0.2, 0.25) is 5.91 Å². The maximum absolute atomic E-state index is 12.5.